The topological polar surface area (TPSA) is 63.2 Å². The van der Waals surface area contributed by atoms with Crippen LogP contribution in [-0.2, 0) is 28.5 Å². The minimum absolute atomic E-state index is 0.119. The smallest absolute Gasteiger partial charge is 0.305 e. The molecule has 0 aliphatic rings. The van der Waals surface area contributed by atoms with Gasteiger partial charge in [-0.25, -0.2) is 0 Å². The fraction of sp³-hybridized carbons (Fsp3) is 0.955. The Balaban J connectivity index is 3.13. The normalized spacial score (nSPS) is 11.1. The lowest BCUT2D eigenvalue weighted by atomic mass is 10.1. The Labute approximate surface area is 172 Å². The van der Waals surface area contributed by atoms with Gasteiger partial charge in [0.25, 0.3) is 0 Å². The van der Waals surface area contributed by atoms with Crippen molar-refractivity contribution < 1.29 is 28.5 Å². The lowest BCUT2D eigenvalue weighted by Gasteiger charge is -2.07. The van der Waals surface area contributed by atoms with Crippen molar-refractivity contribution in [3.05, 3.63) is 0 Å². The molecule has 0 aliphatic carbocycles. The number of rotatable bonds is 23. The van der Waals surface area contributed by atoms with Crippen LogP contribution in [0.2, 0.25) is 0 Å². The molecule has 0 atom stereocenters. The summed E-state index contributed by atoms with van der Waals surface area (Å²) in [5.74, 6) is -0.119. The summed E-state index contributed by atoms with van der Waals surface area (Å²) in [4.78, 5) is 11.6. The van der Waals surface area contributed by atoms with Crippen molar-refractivity contribution in [2.75, 3.05) is 59.5 Å². The molecule has 0 unspecified atom stereocenters. The first-order chi connectivity index (χ1) is 13.8. The number of ether oxygens (including phenoxy) is 5. The summed E-state index contributed by atoms with van der Waals surface area (Å²) in [5.41, 5.74) is 0. The van der Waals surface area contributed by atoms with Crippen LogP contribution in [0, 0.1) is 0 Å². The van der Waals surface area contributed by atoms with Crippen LogP contribution in [0.3, 0.4) is 0 Å². The van der Waals surface area contributed by atoms with Crippen LogP contribution in [0.5, 0.6) is 0 Å². The van der Waals surface area contributed by atoms with E-state index in [1.54, 1.807) is 0 Å². The Hall–Kier alpha value is -0.690. The monoisotopic (exact) mass is 404 g/mol. The zero-order chi connectivity index (χ0) is 20.5. The second-order valence-corrected chi connectivity index (χ2v) is 6.83. The summed E-state index contributed by atoms with van der Waals surface area (Å²) in [7, 11) is 0. The largest absolute Gasteiger partial charge is 0.466 e. The van der Waals surface area contributed by atoms with E-state index in [0.29, 0.717) is 72.3 Å². The van der Waals surface area contributed by atoms with Gasteiger partial charge in [-0.05, 0) is 19.8 Å². The Kier molecular flexibility index (Phi) is 23.7. The van der Waals surface area contributed by atoms with Crippen LogP contribution < -0.4 is 0 Å². The first-order valence-corrected chi connectivity index (χ1v) is 11.3. The van der Waals surface area contributed by atoms with E-state index in [2.05, 4.69) is 6.92 Å². The number of carbonyl (C=O) groups excluding carboxylic acids is 1. The molecular weight excluding hydrogens is 360 g/mol. The van der Waals surface area contributed by atoms with Gasteiger partial charge in [-0.3, -0.25) is 4.79 Å². The Morgan fingerprint density at radius 2 is 1.04 bits per heavy atom. The summed E-state index contributed by atoms with van der Waals surface area (Å²) in [6.07, 6.45) is 11.1. The molecule has 0 aromatic rings. The zero-order valence-electron chi connectivity index (χ0n) is 18.4. The molecule has 0 spiro atoms. The number of carbonyl (C=O) groups is 1. The van der Waals surface area contributed by atoms with Crippen molar-refractivity contribution in [3.63, 3.8) is 0 Å². The van der Waals surface area contributed by atoms with Crippen LogP contribution >= 0.6 is 0 Å². The van der Waals surface area contributed by atoms with E-state index in [4.69, 9.17) is 23.7 Å². The molecule has 28 heavy (non-hydrogen) atoms. The van der Waals surface area contributed by atoms with E-state index in [1.807, 2.05) is 6.92 Å². The molecule has 0 heterocycles. The van der Waals surface area contributed by atoms with Gasteiger partial charge >= 0.3 is 5.97 Å². The van der Waals surface area contributed by atoms with Gasteiger partial charge in [0.2, 0.25) is 0 Å². The second kappa shape index (κ2) is 24.3. The van der Waals surface area contributed by atoms with E-state index in [0.717, 1.165) is 12.8 Å². The fourth-order valence-electron chi connectivity index (χ4n) is 2.62. The molecule has 0 aromatic carbocycles. The average Bonchev–Trinajstić information content (AvgIpc) is 2.70. The van der Waals surface area contributed by atoms with Crippen LogP contribution in [0.1, 0.15) is 78.1 Å². The molecule has 0 amide bonds. The van der Waals surface area contributed by atoms with E-state index in [-0.39, 0.29) is 5.97 Å². The van der Waals surface area contributed by atoms with Gasteiger partial charge in [0.05, 0.1) is 46.2 Å². The summed E-state index contributed by atoms with van der Waals surface area (Å²) in [6.45, 7) is 9.44. The quantitative estimate of drug-likeness (QED) is 0.184. The molecule has 0 bridgehead atoms. The molecule has 0 rings (SSSR count). The number of hydrogen-bond acceptors (Lipinski definition) is 6. The van der Waals surface area contributed by atoms with Gasteiger partial charge in [0.1, 0.15) is 0 Å². The van der Waals surface area contributed by atoms with Crippen molar-refractivity contribution in [1.29, 1.82) is 0 Å². The number of hydrogen-bond donors (Lipinski definition) is 0. The average molecular weight is 405 g/mol. The summed E-state index contributed by atoms with van der Waals surface area (Å²) < 4.78 is 26.6. The van der Waals surface area contributed by atoms with Gasteiger partial charge < -0.3 is 23.7 Å². The molecule has 6 heteroatoms. The van der Waals surface area contributed by atoms with Crippen LogP contribution in [0.4, 0.5) is 0 Å². The Morgan fingerprint density at radius 3 is 1.61 bits per heavy atom. The van der Waals surface area contributed by atoms with Crippen LogP contribution in [-0.4, -0.2) is 65.4 Å². The minimum Gasteiger partial charge on any atom is -0.466 e. The van der Waals surface area contributed by atoms with Gasteiger partial charge in [-0.2, -0.15) is 0 Å². The van der Waals surface area contributed by atoms with E-state index >= 15 is 0 Å². The van der Waals surface area contributed by atoms with E-state index in [1.165, 1.54) is 38.5 Å². The second-order valence-electron chi connectivity index (χ2n) is 6.83. The number of unbranched alkanes of at least 4 members (excludes halogenated alkanes) is 7. The molecule has 0 aliphatic heterocycles. The standard InChI is InChI=1S/C22H44O6/c1-3-5-6-7-8-9-10-11-15-28-22(23)13-12-14-25-18-19-27-21-20-26-17-16-24-4-2/h3-21H2,1-2H3. The molecule has 0 saturated heterocycles. The van der Waals surface area contributed by atoms with Crippen LogP contribution in [0.25, 0.3) is 0 Å². The van der Waals surface area contributed by atoms with Gasteiger partial charge in [-0.15, -0.1) is 0 Å². The maximum absolute atomic E-state index is 11.6. The van der Waals surface area contributed by atoms with Gasteiger partial charge in [0, 0.05) is 19.6 Å². The molecule has 0 fully saturated rings. The lowest BCUT2D eigenvalue weighted by molar-refractivity contribution is -0.144. The Bertz CT molecular complexity index is 311. The molecule has 0 radical (unpaired) electrons. The van der Waals surface area contributed by atoms with E-state index in [9.17, 15) is 4.79 Å². The number of esters is 1. The highest BCUT2D eigenvalue weighted by Crippen LogP contribution is 2.08. The highest BCUT2D eigenvalue weighted by molar-refractivity contribution is 5.69. The molecule has 168 valence electrons. The molecule has 6 nitrogen and oxygen atoms in total. The maximum Gasteiger partial charge on any atom is 0.305 e. The summed E-state index contributed by atoms with van der Waals surface area (Å²) in [5, 5.41) is 0. The predicted molar refractivity (Wildman–Crippen MR) is 112 cm³/mol. The molecule has 0 N–H and O–H groups in total. The third kappa shape index (κ3) is 23.3. The van der Waals surface area contributed by atoms with Gasteiger partial charge in [0.15, 0.2) is 0 Å². The van der Waals surface area contributed by atoms with Crippen molar-refractivity contribution in [3.8, 4) is 0 Å². The lowest BCUT2D eigenvalue weighted by Crippen LogP contribution is -2.12. The van der Waals surface area contributed by atoms with E-state index < -0.39 is 0 Å². The van der Waals surface area contributed by atoms with Gasteiger partial charge in [-0.1, -0.05) is 51.9 Å². The fourth-order valence-corrected chi connectivity index (χ4v) is 2.62. The van der Waals surface area contributed by atoms with Crippen molar-refractivity contribution >= 4 is 5.97 Å². The maximum atomic E-state index is 11.6. The Morgan fingerprint density at radius 1 is 0.536 bits per heavy atom. The first-order valence-electron chi connectivity index (χ1n) is 11.3. The predicted octanol–water partition coefficient (Wildman–Crippen LogP) is 4.54. The minimum atomic E-state index is -0.119. The summed E-state index contributed by atoms with van der Waals surface area (Å²) >= 11 is 0. The molecule has 0 aromatic heterocycles. The first kappa shape index (κ1) is 27.3. The van der Waals surface area contributed by atoms with Crippen molar-refractivity contribution in [2.45, 2.75) is 78.1 Å². The van der Waals surface area contributed by atoms with Crippen molar-refractivity contribution in [2.24, 2.45) is 0 Å². The molecular formula is C22H44O6. The van der Waals surface area contributed by atoms with Crippen LogP contribution in [0.15, 0.2) is 0 Å². The third-order valence-electron chi connectivity index (χ3n) is 4.25. The SMILES string of the molecule is CCCCCCCCCCOC(=O)CCCOCCOCCOCCOCC. The third-order valence-corrected chi connectivity index (χ3v) is 4.25. The zero-order valence-corrected chi connectivity index (χ0v) is 18.4. The summed E-state index contributed by atoms with van der Waals surface area (Å²) in [6, 6.07) is 0. The highest BCUT2D eigenvalue weighted by Gasteiger charge is 2.02. The van der Waals surface area contributed by atoms with Crippen molar-refractivity contribution in [1.82, 2.24) is 0 Å². The molecule has 0 saturated carbocycles. The highest BCUT2D eigenvalue weighted by atomic mass is 16.6.